The first-order chi connectivity index (χ1) is 42.6. The Morgan fingerprint density at radius 3 is 1.27 bits per heavy atom. The molecular weight excluding hydrogens is 1200 g/mol. The number of carbonyl (C=O) groups is 11. The van der Waals surface area contributed by atoms with Crippen LogP contribution in [0.3, 0.4) is 0 Å². The van der Waals surface area contributed by atoms with Gasteiger partial charge in [0.25, 0.3) is 0 Å². The van der Waals surface area contributed by atoms with Gasteiger partial charge in [0.15, 0.2) is 8.32 Å². The smallest absolute Gasteiger partial charge is 0.246 e. The van der Waals surface area contributed by atoms with E-state index in [1.54, 1.807) is 34.6 Å². The highest BCUT2D eigenvalue weighted by Gasteiger charge is 2.49. The van der Waals surface area contributed by atoms with Crippen LogP contribution in [-0.4, -0.2) is 243 Å². The Kier molecular flexibility index (Phi) is 33.9. The van der Waals surface area contributed by atoms with Gasteiger partial charge in [-0.15, -0.1) is 0 Å². The molecule has 0 aromatic heterocycles. The van der Waals surface area contributed by atoms with Crippen LogP contribution in [0.5, 0.6) is 0 Å². The summed E-state index contributed by atoms with van der Waals surface area (Å²) in [6.45, 7) is 41.1. The molecule has 536 valence electrons. The van der Waals surface area contributed by atoms with Gasteiger partial charge in [0.2, 0.25) is 65.0 Å². The molecule has 1 saturated heterocycles. The highest BCUT2D eigenvalue weighted by Crippen LogP contribution is 2.40. The molecule has 0 saturated carbocycles. The number of rotatable bonds is 18. The minimum Gasteiger partial charge on any atom is -0.411 e. The zero-order valence-corrected chi connectivity index (χ0v) is 63.9. The largest absolute Gasteiger partial charge is 0.411 e. The fourth-order valence-electron chi connectivity index (χ4n) is 11.6. The van der Waals surface area contributed by atoms with Crippen molar-refractivity contribution in [3.8, 4) is 0 Å². The molecule has 93 heavy (non-hydrogen) atoms. The van der Waals surface area contributed by atoms with E-state index >= 15 is 19.2 Å². The molecule has 0 bridgehead atoms. The Balaban J connectivity index is 4.60. The Morgan fingerprint density at radius 2 is 0.849 bits per heavy atom. The average Bonchev–Trinajstić information content (AvgIpc) is 0.805. The maximum absolute atomic E-state index is 15.8. The Hall–Kier alpha value is -5.69. The molecule has 0 unspecified atom stereocenters. The number of hydrogen-bond donors (Lipinski definition) is 5. The lowest BCUT2D eigenvalue weighted by molar-refractivity contribution is -0.157. The van der Waals surface area contributed by atoms with Gasteiger partial charge in [-0.1, -0.05) is 118 Å². The Bertz CT molecular complexity index is 2540. The summed E-state index contributed by atoms with van der Waals surface area (Å²) in [6, 6.07) is -13.3. The van der Waals surface area contributed by atoms with Gasteiger partial charge in [-0.3, -0.25) is 52.7 Å². The van der Waals surface area contributed by atoms with Crippen molar-refractivity contribution in [2.24, 2.45) is 41.4 Å². The molecule has 0 radical (unpaired) electrons. The van der Waals surface area contributed by atoms with Crippen LogP contribution in [0.15, 0.2) is 0 Å². The molecule has 0 aliphatic carbocycles. The van der Waals surface area contributed by atoms with Crippen LogP contribution in [0.1, 0.15) is 177 Å². The maximum atomic E-state index is 15.8. The third-order valence-corrected chi connectivity index (χ3v) is 23.4. The van der Waals surface area contributed by atoms with Crippen molar-refractivity contribution in [3.63, 3.8) is 0 Å². The summed E-state index contributed by atoms with van der Waals surface area (Å²) >= 11 is 0. The second-order valence-corrected chi connectivity index (χ2v) is 35.2. The molecule has 13 atom stereocenters. The summed E-state index contributed by atoms with van der Waals surface area (Å²) in [5, 5.41) is 14.2. The van der Waals surface area contributed by atoms with Gasteiger partial charge in [0, 0.05) is 49.3 Å². The van der Waals surface area contributed by atoms with E-state index in [0.717, 1.165) is 0 Å². The second-order valence-electron chi connectivity index (χ2n) is 30.4. The first kappa shape index (κ1) is 85.3. The van der Waals surface area contributed by atoms with E-state index in [0.29, 0.717) is 13.0 Å². The SMILES string of the molecule is CC[C@@H]1NC(=O)[C@H]([C@H](O[Si](C)(C)C(C)(C)C)[C@H](C)CCNC)N(C)C(=O)[C@H](C(C)C)N(C)C(=O)[C@H](CC(C)C)N(C)C(=O)[C@H](CC(C)C)N(C)C(=O)[C@@H](C)NC(=O)[C@H](C)NC(=O)[C@H](CC(C)C)N(C)C(=O)[C@H](C(C)C)NC(=O)[C@H](CC(C)C)N(C)C(=O)[C@@H](C)N(C)C1=O. The zero-order chi connectivity index (χ0) is 72.6. The van der Waals surface area contributed by atoms with Crippen LogP contribution in [0, 0.1) is 41.4 Å². The quantitative estimate of drug-likeness (QED) is 0.109. The summed E-state index contributed by atoms with van der Waals surface area (Å²) < 4.78 is 7.28. The summed E-state index contributed by atoms with van der Waals surface area (Å²) in [5.74, 6) is -8.99. The van der Waals surface area contributed by atoms with Crippen molar-refractivity contribution in [2.75, 3.05) is 62.9 Å². The highest BCUT2D eigenvalue weighted by molar-refractivity contribution is 6.74. The van der Waals surface area contributed by atoms with Gasteiger partial charge in [-0.25, -0.2) is 0 Å². The molecule has 0 aromatic rings. The molecule has 0 spiro atoms. The van der Waals surface area contributed by atoms with Gasteiger partial charge >= 0.3 is 0 Å². The topological polar surface area (TPSA) is 280 Å². The van der Waals surface area contributed by atoms with E-state index < -0.39 is 158 Å². The summed E-state index contributed by atoms with van der Waals surface area (Å²) in [5.41, 5.74) is 0. The standard InChI is InChI=1S/C68H128N12O12Si/c1-31-48-63(87)74(22)47(17)62(86)75(23)50(35-39(4)5)59(83)73-53(42(10)11)66(90)76(24)49(34-38(2)3)58(82)70-45(15)57(81)71-46(16)61(85)77(25)51(36-40(6)7)64(88)78(26)52(37-41(8)9)65(89)79(27)54(43(12)13)67(91)80(28)55(60(84)72-48)56(44(14)32-33-69-21)92-93(29,30)68(18,19)20/h38-56,69H,31-37H2,1-30H3,(H,70,82)(H,71,81)(H,72,84)(H,73,83)/t44-,45+,46-,47-,48+,49+,50+,51+,52+,53+,54+,55+,56-/m1/s1. The molecule has 25 heteroatoms. The molecule has 1 aliphatic heterocycles. The highest BCUT2D eigenvalue weighted by atomic mass is 28.4. The number of nitrogens with one attached hydrogen (secondary N) is 5. The first-order valence-corrected chi connectivity index (χ1v) is 36.9. The third-order valence-electron chi connectivity index (χ3n) is 18.9. The van der Waals surface area contributed by atoms with Crippen molar-refractivity contribution in [1.82, 2.24) is 60.9 Å². The predicted molar refractivity (Wildman–Crippen MR) is 368 cm³/mol. The molecule has 24 nitrogen and oxygen atoms in total. The molecule has 1 fully saturated rings. The fourth-order valence-corrected chi connectivity index (χ4v) is 13.0. The molecule has 1 rings (SSSR count). The number of hydrogen-bond acceptors (Lipinski definition) is 13. The van der Waals surface area contributed by atoms with Crippen molar-refractivity contribution in [2.45, 2.75) is 268 Å². The lowest BCUT2D eigenvalue weighted by Crippen LogP contribution is -2.65. The molecule has 0 aromatic carbocycles. The van der Waals surface area contributed by atoms with Crippen LogP contribution in [0.2, 0.25) is 18.1 Å². The molecular formula is C68H128N12O12Si. The van der Waals surface area contributed by atoms with Crippen LogP contribution >= 0.6 is 0 Å². The normalized spacial score (nSPS) is 26.7. The molecule has 11 amide bonds. The average molecular weight is 1330 g/mol. The first-order valence-electron chi connectivity index (χ1n) is 34.0. The Labute approximate surface area is 561 Å². The van der Waals surface area contributed by atoms with Gasteiger partial charge in [0.05, 0.1) is 6.10 Å². The second kappa shape index (κ2) is 37.0. The van der Waals surface area contributed by atoms with E-state index in [1.807, 2.05) is 69.4 Å². The Morgan fingerprint density at radius 1 is 0.452 bits per heavy atom. The van der Waals surface area contributed by atoms with Gasteiger partial charge in [-0.2, -0.15) is 0 Å². The van der Waals surface area contributed by atoms with E-state index in [1.165, 1.54) is 104 Å². The summed E-state index contributed by atoms with van der Waals surface area (Å²) in [7, 11) is 9.32. The van der Waals surface area contributed by atoms with E-state index in [2.05, 4.69) is 60.4 Å². The van der Waals surface area contributed by atoms with E-state index in [-0.39, 0.29) is 66.7 Å². The molecule has 5 N–H and O–H groups in total. The van der Waals surface area contributed by atoms with Crippen LogP contribution in [-0.2, 0) is 57.2 Å². The maximum Gasteiger partial charge on any atom is 0.246 e. The number of carbonyl (C=O) groups excluding carboxylic acids is 11. The van der Waals surface area contributed by atoms with Gasteiger partial charge < -0.3 is 65.3 Å². The van der Waals surface area contributed by atoms with E-state index in [4.69, 9.17) is 4.43 Å². The number of nitrogens with zero attached hydrogens (tertiary/aromatic N) is 7. The minimum absolute atomic E-state index is 0.0562. The van der Waals surface area contributed by atoms with E-state index in [9.17, 15) is 33.6 Å². The molecule has 1 aliphatic rings. The van der Waals surface area contributed by atoms with Crippen molar-refractivity contribution in [1.29, 1.82) is 0 Å². The zero-order valence-electron chi connectivity index (χ0n) is 62.9. The van der Waals surface area contributed by atoms with Gasteiger partial charge in [0.1, 0.15) is 66.5 Å². The van der Waals surface area contributed by atoms with Crippen LogP contribution < -0.4 is 26.6 Å². The third kappa shape index (κ3) is 23.3. The number of likely N-dealkylation sites (N-methyl/N-ethyl adjacent to an activating group) is 7. The van der Waals surface area contributed by atoms with Crippen LogP contribution in [0.25, 0.3) is 0 Å². The molecule has 1 heterocycles. The fraction of sp³-hybridized carbons (Fsp3) is 0.838. The predicted octanol–water partition coefficient (Wildman–Crippen LogP) is 5.33. The van der Waals surface area contributed by atoms with Gasteiger partial charge in [-0.05, 0) is 132 Å². The minimum atomic E-state index is -2.81. The summed E-state index contributed by atoms with van der Waals surface area (Å²) in [6.07, 6.45) is 0.263. The van der Waals surface area contributed by atoms with Crippen LogP contribution in [0.4, 0.5) is 0 Å². The summed E-state index contributed by atoms with van der Waals surface area (Å²) in [4.78, 5) is 173. The monoisotopic (exact) mass is 1330 g/mol. The lowest BCUT2D eigenvalue weighted by atomic mass is 9.91. The lowest BCUT2D eigenvalue weighted by Gasteiger charge is -2.46. The van der Waals surface area contributed by atoms with Crippen molar-refractivity contribution in [3.05, 3.63) is 0 Å². The van der Waals surface area contributed by atoms with Crippen molar-refractivity contribution >= 4 is 73.3 Å². The number of amides is 11. The van der Waals surface area contributed by atoms with Crippen molar-refractivity contribution < 1.29 is 57.2 Å².